The summed E-state index contributed by atoms with van der Waals surface area (Å²) in [6.45, 7) is 3.65. The second kappa shape index (κ2) is 7.09. The van der Waals surface area contributed by atoms with Crippen molar-refractivity contribution in [2.45, 2.75) is 31.8 Å². The molecule has 2 fully saturated rings. The Hall–Kier alpha value is -0.320. The molecule has 4 nitrogen and oxygen atoms in total. The molecule has 0 aromatic carbocycles. The maximum absolute atomic E-state index is 11.7. The molecule has 2 atom stereocenters. The molecule has 2 saturated heterocycles. The second-order valence-electron chi connectivity index (χ2n) is 4.46. The molecule has 2 unspecified atom stereocenters. The van der Waals surface area contributed by atoms with Gasteiger partial charge in [-0.2, -0.15) is 0 Å². The molecule has 0 bridgehead atoms. The van der Waals surface area contributed by atoms with Crippen molar-refractivity contribution in [3.05, 3.63) is 0 Å². The Morgan fingerprint density at radius 2 is 2.25 bits per heavy atom. The quantitative estimate of drug-likeness (QED) is 0.773. The third-order valence-electron chi connectivity index (χ3n) is 3.20. The minimum atomic E-state index is -0.187. The number of rotatable bonds is 3. The second-order valence-corrected chi connectivity index (χ2v) is 4.46. The van der Waals surface area contributed by atoms with Crippen LogP contribution in [-0.2, 0) is 9.53 Å². The van der Waals surface area contributed by atoms with E-state index in [4.69, 9.17) is 4.74 Å². The van der Waals surface area contributed by atoms with Gasteiger partial charge in [-0.3, -0.25) is 4.79 Å². The Morgan fingerprint density at radius 1 is 1.38 bits per heavy atom. The Kier molecular flexibility index (Phi) is 6.09. The van der Waals surface area contributed by atoms with E-state index in [1.54, 1.807) is 0 Å². The molecule has 0 aromatic rings. The number of halogens is 1. The first-order chi connectivity index (χ1) is 7.36. The van der Waals surface area contributed by atoms with Crippen LogP contribution in [0.1, 0.15) is 25.7 Å². The number of amides is 1. The van der Waals surface area contributed by atoms with Crippen LogP contribution in [0.25, 0.3) is 0 Å². The first-order valence-corrected chi connectivity index (χ1v) is 5.96. The summed E-state index contributed by atoms with van der Waals surface area (Å²) in [5, 5.41) is 6.28. The molecule has 2 N–H and O–H groups in total. The largest absolute Gasteiger partial charge is 0.368 e. The highest BCUT2D eigenvalue weighted by atomic mass is 35.5. The van der Waals surface area contributed by atoms with E-state index in [-0.39, 0.29) is 24.4 Å². The summed E-state index contributed by atoms with van der Waals surface area (Å²) in [5.74, 6) is 0.694. The van der Waals surface area contributed by atoms with Gasteiger partial charge in [0, 0.05) is 13.2 Å². The summed E-state index contributed by atoms with van der Waals surface area (Å²) in [7, 11) is 0. The van der Waals surface area contributed by atoms with Crippen molar-refractivity contribution in [1.29, 1.82) is 0 Å². The zero-order valence-electron chi connectivity index (χ0n) is 9.54. The number of nitrogens with one attached hydrogen (secondary N) is 2. The fourth-order valence-corrected chi connectivity index (χ4v) is 2.19. The van der Waals surface area contributed by atoms with Crippen molar-refractivity contribution in [1.82, 2.24) is 10.6 Å². The summed E-state index contributed by atoms with van der Waals surface area (Å²) in [6.07, 6.45) is 4.08. The first-order valence-electron chi connectivity index (χ1n) is 5.96. The normalized spacial score (nSPS) is 29.5. The van der Waals surface area contributed by atoms with Crippen LogP contribution in [0, 0.1) is 5.92 Å². The molecule has 0 saturated carbocycles. The van der Waals surface area contributed by atoms with Gasteiger partial charge in [0.15, 0.2) is 0 Å². The Bertz CT molecular complexity index is 214. The van der Waals surface area contributed by atoms with Crippen LogP contribution in [0.15, 0.2) is 0 Å². The van der Waals surface area contributed by atoms with Crippen LogP contribution < -0.4 is 10.6 Å². The molecule has 2 aliphatic heterocycles. The molecule has 1 amide bonds. The number of carbonyl (C=O) groups excluding carboxylic acids is 1. The highest BCUT2D eigenvalue weighted by molar-refractivity contribution is 5.85. The molecule has 0 spiro atoms. The molecule has 2 heterocycles. The van der Waals surface area contributed by atoms with Crippen molar-refractivity contribution >= 4 is 18.3 Å². The predicted molar refractivity (Wildman–Crippen MR) is 64.8 cm³/mol. The topological polar surface area (TPSA) is 50.4 Å². The molecule has 5 heteroatoms. The van der Waals surface area contributed by atoms with Crippen molar-refractivity contribution in [2.75, 3.05) is 26.2 Å². The lowest BCUT2D eigenvalue weighted by Gasteiger charge is -2.22. The van der Waals surface area contributed by atoms with E-state index in [1.807, 2.05) is 0 Å². The Balaban J connectivity index is 0.00000128. The highest BCUT2D eigenvalue weighted by Gasteiger charge is 2.23. The number of hydrogen-bond donors (Lipinski definition) is 2. The molecule has 0 radical (unpaired) electrons. The molecule has 2 rings (SSSR count). The van der Waals surface area contributed by atoms with Crippen LogP contribution in [-0.4, -0.2) is 38.3 Å². The average molecular weight is 249 g/mol. The van der Waals surface area contributed by atoms with Crippen LogP contribution in [0.2, 0.25) is 0 Å². The summed E-state index contributed by atoms with van der Waals surface area (Å²) in [4.78, 5) is 11.7. The third kappa shape index (κ3) is 3.92. The summed E-state index contributed by atoms with van der Waals surface area (Å²) < 4.78 is 5.43. The van der Waals surface area contributed by atoms with Crippen LogP contribution in [0.3, 0.4) is 0 Å². The smallest absolute Gasteiger partial charge is 0.249 e. The lowest BCUT2D eigenvalue weighted by Crippen LogP contribution is -2.40. The predicted octanol–water partition coefficient (Wildman–Crippen LogP) is 0.703. The third-order valence-corrected chi connectivity index (χ3v) is 3.20. The molecule has 0 aromatic heterocycles. The minimum Gasteiger partial charge on any atom is -0.368 e. The number of hydrogen-bond acceptors (Lipinski definition) is 3. The zero-order valence-corrected chi connectivity index (χ0v) is 10.4. The number of ether oxygens (including phenoxy) is 1. The molecule has 94 valence electrons. The SMILES string of the molecule is Cl.O=C(NCC1CCNC1)C1CCCCO1. The summed E-state index contributed by atoms with van der Waals surface area (Å²) in [5.41, 5.74) is 0. The van der Waals surface area contributed by atoms with Crippen LogP contribution in [0.4, 0.5) is 0 Å². The van der Waals surface area contributed by atoms with Gasteiger partial charge in [-0.05, 0) is 44.7 Å². The molecular weight excluding hydrogens is 228 g/mol. The van der Waals surface area contributed by atoms with Crippen LogP contribution >= 0.6 is 12.4 Å². The Morgan fingerprint density at radius 3 is 2.88 bits per heavy atom. The van der Waals surface area contributed by atoms with Gasteiger partial charge < -0.3 is 15.4 Å². The lowest BCUT2D eigenvalue weighted by atomic mass is 10.1. The van der Waals surface area contributed by atoms with Gasteiger partial charge in [-0.25, -0.2) is 0 Å². The van der Waals surface area contributed by atoms with E-state index in [1.165, 1.54) is 6.42 Å². The number of carbonyl (C=O) groups is 1. The van der Waals surface area contributed by atoms with Gasteiger partial charge in [0.05, 0.1) is 0 Å². The van der Waals surface area contributed by atoms with Crippen molar-refractivity contribution in [3.63, 3.8) is 0 Å². The first kappa shape index (κ1) is 13.7. The average Bonchev–Trinajstić information content (AvgIpc) is 2.80. The van der Waals surface area contributed by atoms with E-state index in [9.17, 15) is 4.79 Å². The van der Waals surface area contributed by atoms with E-state index < -0.39 is 0 Å². The maximum Gasteiger partial charge on any atom is 0.249 e. The van der Waals surface area contributed by atoms with Gasteiger partial charge in [0.1, 0.15) is 6.10 Å². The van der Waals surface area contributed by atoms with E-state index in [0.29, 0.717) is 5.92 Å². The van der Waals surface area contributed by atoms with E-state index in [2.05, 4.69) is 10.6 Å². The van der Waals surface area contributed by atoms with Gasteiger partial charge in [-0.1, -0.05) is 0 Å². The fourth-order valence-electron chi connectivity index (χ4n) is 2.19. The van der Waals surface area contributed by atoms with Gasteiger partial charge >= 0.3 is 0 Å². The van der Waals surface area contributed by atoms with E-state index >= 15 is 0 Å². The highest BCUT2D eigenvalue weighted by Crippen LogP contribution is 2.13. The van der Waals surface area contributed by atoms with Gasteiger partial charge in [0.25, 0.3) is 0 Å². The van der Waals surface area contributed by atoms with Gasteiger partial charge in [-0.15, -0.1) is 12.4 Å². The van der Waals surface area contributed by atoms with Crippen molar-refractivity contribution in [3.8, 4) is 0 Å². The van der Waals surface area contributed by atoms with Crippen molar-refractivity contribution < 1.29 is 9.53 Å². The molecular formula is C11H21ClN2O2. The monoisotopic (exact) mass is 248 g/mol. The molecule has 16 heavy (non-hydrogen) atoms. The molecule has 0 aliphatic carbocycles. The fraction of sp³-hybridized carbons (Fsp3) is 0.909. The Labute approximate surface area is 103 Å². The van der Waals surface area contributed by atoms with Crippen molar-refractivity contribution in [2.24, 2.45) is 5.92 Å². The summed E-state index contributed by atoms with van der Waals surface area (Å²) in [6, 6.07) is 0. The minimum absolute atomic E-state index is 0. The maximum atomic E-state index is 11.7. The lowest BCUT2D eigenvalue weighted by molar-refractivity contribution is -0.135. The zero-order chi connectivity index (χ0) is 10.5. The standard InChI is InChI=1S/C11H20N2O2.ClH/c14-11(10-3-1-2-6-15-10)13-8-9-4-5-12-7-9;/h9-10,12H,1-8H2,(H,13,14);1H. The summed E-state index contributed by atoms with van der Waals surface area (Å²) >= 11 is 0. The van der Waals surface area contributed by atoms with Crippen LogP contribution in [0.5, 0.6) is 0 Å². The van der Waals surface area contributed by atoms with Gasteiger partial charge in [0.2, 0.25) is 5.91 Å². The van der Waals surface area contributed by atoms with E-state index in [0.717, 1.165) is 45.5 Å². The molecule has 2 aliphatic rings.